The number of phenols is 2. The summed E-state index contributed by atoms with van der Waals surface area (Å²) in [6, 6.07) is 6.57. The molecule has 10 atom stereocenters. The Morgan fingerprint density at radius 2 is 1.43 bits per heavy atom. The highest BCUT2D eigenvalue weighted by Gasteiger charge is 2.47. The van der Waals surface area contributed by atoms with E-state index in [0.717, 1.165) is 0 Å². The van der Waals surface area contributed by atoms with Gasteiger partial charge in [0.15, 0.2) is 23.5 Å². The van der Waals surface area contributed by atoms with Gasteiger partial charge in [0.1, 0.15) is 59.4 Å². The Labute approximate surface area is 248 Å². The zero-order chi connectivity index (χ0) is 32.0. The molecule has 2 aliphatic rings. The molecule has 2 aliphatic heterocycles. The van der Waals surface area contributed by atoms with E-state index in [0.29, 0.717) is 0 Å². The molecule has 16 heteroatoms. The maximum atomic E-state index is 13.1. The van der Waals surface area contributed by atoms with Gasteiger partial charge in [-0.15, -0.1) is 0 Å². The van der Waals surface area contributed by atoms with E-state index in [4.69, 9.17) is 28.1 Å². The minimum Gasteiger partial charge on any atom is -0.508 e. The molecule has 0 radical (unpaired) electrons. The summed E-state index contributed by atoms with van der Waals surface area (Å²) in [5.41, 5.74) is -1.04. The predicted octanol–water partition coefficient (Wildman–Crippen LogP) is -1.38. The Kier molecular flexibility index (Phi) is 8.90. The smallest absolute Gasteiger partial charge is 0.238 e. The van der Waals surface area contributed by atoms with Crippen molar-refractivity contribution in [1.29, 1.82) is 0 Å². The van der Waals surface area contributed by atoms with Crippen molar-refractivity contribution in [3.63, 3.8) is 0 Å². The molecule has 3 aromatic rings. The number of phenolic OH excluding ortho intramolecular Hbond substituents is 2. The van der Waals surface area contributed by atoms with E-state index in [1.165, 1.54) is 44.4 Å². The molecule has 2 fully saturated rings. The molecule has 10 unspecified atom stereocenters. The fourth-order valence-electron chi connectivity index (χ4n) is 4.97. The highest BCUT2D eigenvalue weighted by Crippen LogP contribution is 2.45. The molecule has 2 aromatic carbocycles. The second kappa shape index (κ2) is 12.4. The van der Waals surface area contributed by atoms with Crippen LogP contribution in [0.15, 0.2) is 39.5 Å². The molecular formula is C28H32O16. The monoisotopic (exact) mass is 624 g/mol. The summed E-state index contributed by atoms with van der Waals surface area (Å²) in [5.74, 6) is -2.82. The van der Waals surface area contributed by atoms with Crippen LogP contribution < -0.4 is 14.9 Å². The van der Waals surface area contributed by atoms with Crippen LogP contribution in [0.2, 0.25) is 0 Å². The first-order chi connectivity index (χ1) is 20.8. The van der Waals surface area contributed by atoms with Gasteiger partial charge in [-0.2, -0.15) is 0 Å². The van der Waals surface area contributed by atoms with Crippen LogP contribution in [0.25, 0.3) is 22.3 Å². The number of aliphatic hydroxyl groups is 6. The standard InChI is InChI=1S/C28H32O16/c1-9-16(30)20(34)23(37)27(41-9)40-8-14-17(31)21(35)24(38)28(43-14)44-26-13(39-2)7-12-15(19(26)33)18(32)22(36)25(42-12)10-3-5-11(29)6-4-10/h3-7,9,14,16-17,20-21,23-24,27-31,33-38H,8H2,1-2H3. The van der Waals surface area contributed by atoms with Gasteiger partial charge in [-0.3, -0.25) is 4.79 Å². The van der Waals surface area contributed by atoms with Gasteiger partial charge >= 0.3 is 0 Å². The Bertz CT molecular complexity index is 1540. The average Bonchev–Trinajstić information content (AvgIpc) is 3.01. The third-order valence-corrected chi connectivity index (χ3v) is 7.54. The molecule has 240 valence electrons. The molecular weight excluding hydrogens is 592 g/mol. The van der Waals surface area contributed by atoms with Crippen molar-refractivity contribution in [3.05, 3.63) is 40.6 Å². The summed E-state index contributed by atoms with van der Waals surface area (Å²) in [6.45, 7) is 0.865. The van der Waals surface area contributed by atoms with Crippen molar-refractivity contribution in [3.8, 4) is 40.1 Å². The molecule has 16 nitrogen and oxygen atoms in total. The maximum Gasteiger partial charge on any atom is 0.238 e. The number of ether oxygens (including phenoxy) is 5. The van der Waals surface area contributed by atoms with E-state index in [1.807, 2.05) is 0 Å². The molecule has 5 rings (SSSR count). The minimum absolute atomic E-state index is 0.0656. The number of hydrogen-bond donors (Lipinski definition) is 9. The predicted molar refractivity (Wildman–Crippen MR) is 145 cm³/mol. The quantitative estimate of drug-likeness (QED) is 0.147. The van der Waals surface area contributed by atoms with Crippen molar-refractivity contribution >= 4 is 11.0 Å². The number of rotatable bonds is 7. The molecule has 0 spiro atoms. The van der Waals surface area contributed by atoms with Crippen LogP contribution in [-0.2, 0) is 14.2 Å². The maximum absolute atomic E-state index is 13.1. The summed E-state index contributed by atoms with van der Waals surface area (Å²) >= 11 is 0. The van der Waals surface area contributed by atoms with Crippen LogP contribution in [0.3, 0.4) is 0 Å². The highest BCUT2D eigenvalue weighted by molar-refractivity contribution is 5.91. The van der Waals surface area contributed by atoms with Gasteiger partial charge in [0.25, 0.3) is 0 Å². The van der Waals surface area contributed by atoms with E-state index in [9.17, 15) is 50.8 Å². The second-order valence-electron chi connectivity index (χ2n) is 10.4. The van der Waals surface area contributed by atoms with Gasteiger partial charge in [0.05, 0.1) is 19.8 Å². The highest BCUT2D eigenvalue weighted by atomic mass is 16.7. The first-order valence-corrected chi connectivity index (χ1v) is 13.4. The molecule has 0 bridgehead atoms. The van der Waals surface area contributed by atoms with E-state index in [1.54, 1.807) is 0 Å². The Morgan fingerprint density at radius 3 is 2.09 bits per heavy atom. The summed E-state index contributed by atoms with van der Waals surface area (Å²) < 4.78 is 33.0. The van der Waals surface area contributed by atoms with Crippen LogP contribution in [0.5, 0.6) is 28.7 Å². The number of aromatic hydroxyl groups is 3. The van der Waals surface area contributed by atoms with E-state index in [-0.39, 0.29) is 28.4 Å². The van der Waals surface area contributed by atoms with Crippen molar-refractivity contribution in [2.45, 2.75) is 68.3 Å². The number of aliphatic hydroxyl groups excluding tert-OH is 6. The van der Waals surface area contributed by atoms with Gasteiger partial charge in [0.2, 0.25) is 23.2 Å². The van der Waals surface area contributed by atoms with Gasteiger partial charge in [-0.05, 0) is 31.2 Å². The molecule has 9 N–H and O–H groups in total. The fourth-order valence-corrected chi connectivity index (χ4v) is 4.97. The Hall–Kier alpha value is -3.71. The largest absolute Gasteiger partial charge is 0.508 e. The van der Waals surface area contributed by atoms with Crippen LogP contribution in [-0.4, -0.2) is 121 Å². The van der Waals surface area contributed by atoms with Crippen molar-refractivity contribution in [2.24, 2.45) is 0 Å². The van der Waals surface area contributed by atoms with Crippen molar-refractivity contribution in [2.75, 3.05) is 13.7 Å². The second-order valence-corrected chi connectivity index (χ2v) is 10.4. The molecule has 0 saturated carbocycles. The van der Waals surface area contributed by atoms with Gasteiger partial charge in [-0.25, -0.2) is 0 Å². The lowest BCUT2D eigenvalue weighted by Gasteiger charge is -2.42. The first-order valence-electron chi connectivity index (χ1n) is 13.4. The number of hydrogen-bond acceptors (Lipinski definition) is 16. The topological polar surface area (TPSA) is 258 Å². The fraction of sp³-hybridized carbons (Fsp3) is 0.464. The summed E-state index contributed by atoms with van der Waals surface area (Å²) in [5, 5.41) is 92.4. The van der Waals surface area contributed by atoms with E-state index >= 15 is 0 Å². The van der Waals surface area contributed by atoms with Gasteiger partial charge in [0, 0.05) is 11.6 Å². The van der Waals surface area contributed by atoms with Crippen LogP contribution in [0.1, 0.15) is 6.92 Å². The average molecular weight is 625 g/mol. The SMILES string of the molecule is COc1cc2oc(-c3ccc(O)cc3)c(O)c(=O)c2c(O)c1OC1OC(COC2OC(C)C(O)C(O)C2O)C(O)C(O)C1O. The number of fused-ring (bicyclic) bond motifs is 1. The van der Waals surface area contributed by atoms with E-state index in [2.05, 4.69) is 0 Å². The summed E-state index contributed by atoms with van der Waals surface area (Å²) in [6.07, 6.45) is -15.8. The van der Waals surface area contributed by atoms with Crippen LogP contribution >= 0.6 is 0 Å². The van der Waals surface area contributed by atoms with Crippen molar-refractivity contribution in [1.82, 2.24) is 0 Å². The normalized spacial score (nSPS) is 32.5. The zero-order valence-electron chi connectivity index (χ0n) is 23.3. The summed E-state index contributed by atoms with van der Waals surface area (Å²) in [7, 11) is 1.20. The lowest BCUT2D eigenvalue weighted by molar-refractivity contribution is -0.318. The lowest BCUT2D eigenvalue weighted by Crippen LogP contribution is -2.61. The lowest BCUT2D eigenvalue weighted by atomic mass is 9.98. The zero-order valence-corrected chi connectivity index (χ0v) is 23.3. The minimum atomic E-state index is -1.91. The number of benzene rings is 2. The molecule has 0 amide bonds. The van der Waals surface area contributed by atoms with E-state index < -0.39 is 96.1 Å². The molecule has 1 aromatic heterocycles. The Morgan fingerprint density at radius 1 is 0.795 bits per heavy atom. The molecule has 2 saturated heterocycles. The van der Waals surface area contributed by atoms with Crippen LogP contribution in [0, 0.1) is 0 Å². The number of methoxy groups -OCH3 is 1. The molecule has 3 heterocycles. The molecule has 44 heavy (non-hydrogen) atoms. The van der Waals surface area contributed by atoms with Gasteiger partial charge < -0.3 is 74.1 Å². The third kappa shape index (κ3) is 5.63. The van der Waals surface area contributed by atoms with Crippen molar-refractivity contribution < 1.29 is 74.1 Å². The van der Waals surface area contributed by atoms with Crippen LogP contribution in [0.4, 0.5) is 0 Å². The first kappa shape index (κ1) is 31.7. The van der Waals surface area contributed by atoms with Gasteiger partial charge in [-0.1, -0.05) is 0 Å². The summed E-state index contributed by atoms with van der Waals surface area (Å²) in [4.78, 5) is 13.1. The Balaban J connectivity index is 1.42. The third-order valence-electron chi connectivity index (χ3n) is 7.54. The molecule has 0 aliphatic carbocycles.